The van der Waals surface area contributed by atoms with Gasteiger partial charge in [-0.25, -0.2) is 9.78 Å². The van der Waals surface area contributed by atoms with Crippen molar-refractivity contribution in [2.75, 3.05) is 14.2 Å². The minimum atomic E-state index is -0.682. The van der Waals surface area contributed by atoms with Crippen LogP contribution in [0.1, 0.15) is 34.6 Å². The molecule has 2 aromatic heterocycles. The number of aromatic amines is 2. The van der Waals surface area contributed by atoms with E-state index in [4.69, 9.17) is 9.47 Å². The lowest BCUT2D eigenvalue weighted by atomic mass is 10.1. The molecule has 9 heteroatoms. The van der Waals surface area contributed by atoms with Gasteiger partial charge in [0.25, 0.3) is 11.5 Å². The van der Waals surface area contributed by atoms with Crippen LogP contribution in [0.5, 0.6) is 11.5 Å². The number of amides is 1. The number of methoxy groups -OCH3 is 2. The van der Waals surface area contributed by atoms with Crippen LogP contribution < -0.4 is 26.0 Å². The zero-order chi connectivity index (χ0) is 20.4. The maximum Gasteiger partial charge on any atom is 0.327 e. The molecule has 3 aromatic rings. The van der Waals surface area contributed by atoms with E-state index in [-0.39, 0.29) is 22.8 Å². The summed E-state index contributed by atoms with van der Waals surface area (Å²) in [6.07, 6.45) is 0. The van der Waals surface area contributed by atoms with Crippen molar-refractivity contribution in [2.45, 2.75) is 19.9 Å². The van der Waals surface area contributed by atoms with Gasteiger partial charge in [-0.3, -0.25) is 19.6 Å². The van der Waals surface area contributed by atoms with Gasteiger partial charge in [0.2, 0.25) is 0 Å². The van der Waals surface area contributed by atoms with Gasteiger partial charge in [0.05, 0.1) is 25.6 Å². The Morgan fingerprint density at radius 3 is 2.57 bits per heavy atom. The molecular formula is C19H20N4O5. The van der Waals surface area contributed by atoms with E-state index in [1.807, 2.05) is 6.92 Å². The lowest BCUT2D eigenvalue weighted by Crippen LogP contribution is -2.29. The van der Waals surface area contributed by atoms with E-state index in [2.05, 4.69) is 20.3 Å². The van der Waals surface area contributed by atoms with Crippen LogP contribution in [0, 0.1) is 6.92 Å². The van der Waals surface area contributed by atoms with Crippen molar-refractivity contribution in [2.24, 2.45) is 0 Å². The molecule has 0 aliphatic heterocycles. The molecule has 28 heavy (non-hydrogen) atoms. The van der Waals surface area contributed by atoms with Crippen LogP contribution in [-0.4, -0.2) is 35.1 Å². The molecule has 0 radical (unpaired) electrons. The van der Waals surface area contributed by atoms with Crippen LogP contribution in [0.25, 0.3) is 11.0 Å². The number of rotatable bonds is 5. The second-order valence-corrected chi connectivity index (χ2v) is 6.26. The minimum Gasteiger partial charge on any atom is -0.497 e. The average Bonchev–Trinajstić information content (AvgIpc) is 2.66. The Kier molecular flexibility index (Phi) is 5.16. The highest BCUT2D eigenvalue weighted by molar-refractivity contribution is 5.95. The third-order valence-electron chi connectivity index (χ3n) is 4.39. The molecule has 3 rings (SSSR count). The molecule has 0 saturated heterocycles. The van der Waals surface area contributed by atoms with Crippen molar-refractivity contribution in [1.82, 2.24) is 20.3 Å². The molecule has 0 unspecified atom stereocenters. The Labute approximate surface area is 159 Å². The number of carbonyl (C=O) groups is 1. The quantitative estimate of drug-likeness (QED) is 0.611. The van der Waals surface area contributed by atoms with Gasteiger partial charge in [0.1, 0.15) is 22.8 Å². The van der Waals surface area contributed by atoms with Crippen LogP contribution in [-0.2, 0) is 0 Å². The Balaban J connectivity index is 1.93. The Bertz CT molecular complexity index is 1170. The summed E-state index contributed by atoms with van der Waals surface area (Å²) in [6.45, 7) is 3.48. The molecule has 0 saturated carbocycles. The monoisotopic (exact) mass is 384 g/mol. The number of benzene rings is 1. The molecule has 1 atom stereocenters. The van der Waals surface area contributed by atoms with Crippen LogP contribution >= 0.6 is 0 Å². The van der Waals surface area contributed by atoms with Crippen LogP contribution in [0.4, 0.5) is 0 Å². The number of pyridine rings is 1. The van der Waals surface area contributed by atoms with Crippen LogP contribution in [0.2, 0.25) is 0 Å². The second-order valence-electron chi connectivity index (χ2n) is 6.26. The minimum absolute atomic E-state index is 0.0635. The van der Waals surface area contributed by atoms with Gasteiger partial charge >= 0.3 is 5.69 Å². The first kappa shape index (κ1) is 19.2. The van der Waals surface area contributed by atoms with Gasteiger partial charge in [-0.05, 0) is 37.6 Å². The average molecular weight is 384 g/mol. The fourth-order valence-electron chi connectivity index (χ4n) is 2.99. The fraction of sp³-hybridized carbons (Fsp3) is 0.263. The van der Waals surface area contributed by atoms with E-state index < -0.39 is 17.2 Å². The van der Waals surface area contributed by atoms with Crippen molar-refractivity contribution in [3.05, 3.63) is 61.9 Å². The van der Waals surface area contributed by atoms with Crippen molar-refractivity contribution in [3.63, 3.8) is 0 Å². The van der Waals surface area contributed by atoms with Gasteiger partial charge < -0.3 is 14.8 Å². The van der Waals surface area contributed by atoms with E-state index in [0.29, 0.717) is 17.1 Å². The molecule has 2 heterocycles. The van der Waals surface area contributed by atoms with Crippen molar-refractivity contribution in [1.29, 1.82) is 0 Å². The highest BCUT2D eigenvalue weighted by atomic mass is 16.5. The van der Waals surface area contributed by atoms with Crippen LogP contribution in [0.15, 0.2) is 33.9 Å². The number of nitrogens with one attached hydrogen (secondary N) is 3. The normalized spacial score (nSPS) is 11.9. The number of ether oxygens (including phenoxy) is 2. The molecule has 9 nitrogen and oxygen atoms in total. The molecule has 1 aromatic carbocycles. The lowest BCUT2D eigenvalue weighted by Gasteiger charge is -2.18. The summed E-state index contributed by atoms with van der Waals surface area (Å²) in [5.41, 5.74) is 0.214. The molecule has 1 amide bonds. The maximum absolute atomic E-state index is 12.7. The van der Waals surface area contributed by atoms with E-state index in [0.717, 1.165) is 5.56 Å². The van der Waals surface area contributed by atoms with Crippen LogP contribution in [0.3, 0.4) is 0 Å². The highest BCUT2D eigenvalue weighted by Crippen LogP contribution is 2.29. The molecule has 0 spiro atoms. The Hall–Kier alpha value is -3.62. The van der Waals surface area contributed by atoms with Gasteiger partial charge in [-0.15, -0.1) is 0 Å². The molecular weight excluding hydrogens is 364 g/mol. The standard InChI is InChI=1S/C19H20N4O5/c1-9-7-13(21-16-15(9)18(25)23-19(26)22-16)17(24)20-10(2)12-6-5-11(27-3)8-14(12)28-4/h5-8,10H,1-4H3,(H,20,24)(H2,21,22,23,25,26)/t10-/m0/s1. The molecule has 3 N–H and O–H groups in total. The number of aromatic nitrogens is 3. The summed E-state index contributed by atoms with van der Waals surface area (Å²) in [5, 5.41) is 3.08. The van der Waals surface area contributed by atoms with Gasteiger partial charge in [-0.2, -0.15) is 0 Å². The largest absolute Gasteiger partial charge is 0.497 e. The molecule has 0 fully saturated rings. The summed E-state index contributed by atoms with van der Waals surface area (Å²) in [5.74, 6) is 0.766. The van der Waals surface area contributed by atoms with Crippen molar-refractivity contribution < 1.29 is 14.3 Å². The Morgan fingerprint density at radius 2 is 1.89 bits per heavy atom. The number of carbonyl (C=O) groups excluding carboxylic acids is 1. The molecule has 0 aliphatic rings. The number of fused-ring (bicyclic) bond motifs is 1. The third kappa shape index (κ3) is 3.59. The maximum atomic E-state index is 12.7. The van der Waals surface area contributed by atoms with E-state index in [9.17, 15) is 14.4 Å². The predicted octanol–water partition coefficient (Wildman–Crippen LogP) is 1.43. The van der Waals surface area contributed by atoms with Gasteiger partial charge in [-0.1, -0.05) is 0 Å². The highest BCUT2D eigenvalue weighted by Gasteiger charge is 2.18. The second kappa shape index (κ2) is 7.55. The zero-order valence-corrected chi connectivity index (χ0v) is 15.9. The summed E-state index contributed by atoms with van der Waals surface area (Å²) < 4.78 is 10.6. The smallest absolute Gasteiger partial charge is 0.327 e. The van der Waals surface area contributed by atoms with Gasteiger partial charge in [0, 0.05) is 11.6 Å². The van der Waals surface area contributed by atoms with Crippen molar-refractivity contribution >= 4 is 16.9 Å². The number of H-pyrrole nitrogens is 2. The molecule has 0 bridgehead atoms. The summed E-state index contributed by atoms with van der Waals surface area (Å²) in [4.78, 5) is 44.9. The summed E-state index contributed by atoms with van der Waals surface area (Å²) >= 11 is 0. The summed E-state index contributed by atoms with van der Waals surface area (Å²) in [7, 11) is 3.09. The van der Waals surface area contributed by atoms with E-state index in [1.54, 1.807) is 32.2 Å². The fourth-order valence-corrected chi connectivity index (χ4v) is 2.99. The zero-order valence-electron chi connectivity index (χ0n) is 15.9. The third-order valence-corrected chi connectivity index (χ3v) is 4.39. The number of nitrogens with zero attached hydrogens (tertiary/aromatic N) is 1. The Morgan fingerprint density at radius 1 is 1.14 bits per heavy atom. The predicted molar refractivity (Wildman–Crippen MR) is 103 cm³/mol. The van der Waals surface area contributed by atoms with Gasteiger partial charge in [0.15, 0.2) is 0 Å². The lowest BCUT2D eigenvalue weighted by molar-refractivity contribution is 0.0934. The number of aryl methyl sites for hydroxylation is 1. The first-order chi connectivity index (χ1) is 13.3. The topological polar surface area (TPSA) is 126 Å². The van der Waals surface area contributed by atoms with E-state index in [1.165, 1.54) is 13.2 Å². The SMILES string of the molecule is COc1ccc([C@H](C)NC(=O)c2cc(C)c3c(=O)[nH]c(=O)[nH]c3n2)c(OC)c1. The number of hydrogen-bond acceptors (Lipinski definition) is 6. The molecule has 0 aliphatic carbocycles. The first-order valence-corrected chi connectivity index (χ1v) is 8.50. The van der Waals surface area contributed by atoms with Crippen molar-refractivity contribution in [3.8, 4) is 11.5 Å². The number of hydrogen-bond donors (Lipinski definition) is 3. The van der Waals surface area contributed by atoms with E-state index >= 15 is 0 Å². The molecule has 146 valence electrons. The first-order valence-electron chi connectivity index (χ1n) is 8.50. The summed E-state index contributed by atoms with van der Waals surface area (Å²) in [6, 6.07) is 6.43.